The summed E-state index contributed by atoms with van der Waals surface area (Å²) >= 11 is 1.31. The number of hydrogen-bond donors (Lipinski definition) is 2. The number of aromatic nitrogens is 2. The van der Waals surface area contributed by atoms with E-state index in [-0.39, 0.29) is 6.54 Å². The van der Waals surface area contributed by atoms with E-state index < -0.39 is 23.4 Å². The minimum Gasteiger partial charge on any atom is -0.319 e. The van der Waals surface area contributed by atoms with Gasteiger partial charge in [0.25, 0.3) is 5.91 Å². The first-order valence-corrected chi connectivity index (χ1v) is 10.6. The molecule has 0 bridgehead atoms. The second kappa shape index (κ2) is 9.13. The van der Waals surface area contributed by atoms with Crippen molar-refractivity contribution in [2.45, 2.75) is 51.5 Å². The van der Waals surface area contributed by atoms with Gasteiger partial charge in [0.2, 0.25) is 11.0 Å². The summed E-state index contributed by atoms with van der Waals surface area (Å²) in [4.78, 5) is 38.9. The third-order valence-electron chi connectivity index (χ3n) is 4.98. The van der Waals surface area contributed by atoms with E-state index >= 15 is 0 Å². The number of aryl methyl sites for hydroxylation is 1. The summed E-state index contributed by atoms with van der Waals surface area (Å²) in [6, 6.07) is 8.50. The highest BCUT2D eigenvalue weighted by Crippen LogP contribution is 2.32. The number of nitrogens with zero attached hydrogens (tertiary/aromatic N) is 3. The van der Waals surface area contributed by atoms with Crippen LogP contribution in [0.2, 0.25) is 0 Å². The number of carbonyl (C=O) groups excluding carboxylic acids is 3. The van der Waals surface area contributed by atoms with Gasteiger partial charge in [-0.15, -0.1) is 10.2 Å². The molecule has 0 radical (unpaired) electrons. The van der Waals surface area contributed by atoms with Gasteiger partial charge in [0.05, 0.1) is 0 Å². The van der Waals surface area contributed by atoms with Gasteiger partial charge in [0.1, 0.15) is 17.1 Å². The Morgan fingerprint density at radius 2 is 1.93 bits per heavy atom. The highest BCUT2D eigenvalue weighted by atomic mass is 32.1. The lowest BCUT2D eigenvalue weighted by Crippen LogP contribution is -2.44. The summed E-state index contributed by atoms with van der Waals surface area (Å²) in [5.74, 6) is -0.909. The van der Waals surface area contributed by atoms with Crippen LogP contribution < -0.4 is 10.6 Å². The van der Waals surface area contributed by atoms with Gasteiger partial charge in [0, 0.05) is 6.42 Å². The van der Waals surface area contributed by atoms with Crippen LogP contribution in [0.25, 0.3) is 0 Å². The van der Waals surface area contributed by atoms with Crippen LogP contribution in [0.15, 0.2) is 30.3 Å². The monoisotopic (exact) mass is 415 g/mol. The summed E-state index contributed by atoms with van der Waals surface area (Å²) in [5.41, 5.74) is -0.446. The molecule has 9 heteroatoms. The number of nitrogens with one attached hydrogen (secondary N) is 2. The maximum absolute atomic E-state index is 13.0. The van der Waals surface area contributed by atoms with E-state index in [4.69, 9.17) is 0 Å². The lowest BCUT2D eigenvalue weighted by atomic mass is 9.87. The maximum Gasteiger partial charge on any atom is 0.325 e. The van der Waals surface area contributed by atoms with Gasteiger partial charge in [0.15, 0.2) is 0 Å². The third-order valence-corrected chi connectivity index (χ3v) is 5.88. The summed E-state index contributed by atoms with van der Waals surface area (Å²) in [6.07, 6.45) is 4.48. The van der Waals surface area contributed by atoms with Crippen molar-refractivity contribution in [3.8, 4) is 0 Å². The van der Waals surface area contributed by atoms with Crippen molar-refractivity contribution >= 4 is 34.3 Å². The largest absolute Gasteiger partial charge is 0.325 e. The zero-order valence-corrected chi connectivity index (χ0v) is 17.4. The van der Waals surface area contributed by atoms with Gasteiger partial charge in [-0.2, -0.15) is 0 Å². The fraction of sp³-hybridized carbons (Fsp3) is 0.450. The number of anilines is 1. The Balaban J connectivity index is 1.65. The van der Waals surface area contributed by atoms with Crippen molar-refractivity contribution in [1.29, 1.82) is 0 Å². The van der Waals surface area contributed by atoms with E-state index in [9.17, 15) is 14.4 Å². The number of amides is 4. The highest BCUT2D eigenvalue weighted by Gasteiger charge is 2.51. The maximum atomic E-state index is 13.0. The molecule has 2 aromatic rings. The summed E-state index contributed by atoms with van der Waals surface area (Å²) in [5, 5.41) is 14.7. The standard InChI is InChI=1S/C20H25N5O3S/c1-3-5-7-12-16-23-24-18(29-16)21-15(26)13-25-17(27)20(4-2,22-19(25)28)14-10-8-6-9-11-14/h6,8-11H,3-5,7,12-13H2,1-2H3,(H,22,28)(H,21,24,26). The quantitative estimate of drug-likeness (QED) is 0.484. The lowest BCUT2D eigenvalue weighted by molar-refractivity contribution is -0.134. The molecule has 2 heterocycles. The molecule has 1 aromatic heterocycles. The van der Waals surface area contributed by atoms with Gasteiger partial charge in [-0.05, 0) is 18.4 Å². The smallest absolute Gasteiger partial charge is 0.319 e. The van der Waals surface area contributed by atoms with Crippen LogP contribution in [-0.2, 0) is 21.5 Å². The number of carbonyl (C=O) groups is 3. The van der Waals surface area contributed by atoms with Crippen molar-refractivity contribution in [3.05, 3.63) is 40.9 Å². The van der Waals surface area contributed by atoms with Gasteiger partial charge in [-0.3, -0.25) is 19.8 Å². The summed E-state index contributed by atoms with van der Waals surface area (Å²) in [6.45, 7) is 3.59. The minimum atomic E-state index is -1.15. The predicted molar refractivity (Wildman–Crippen MR) is 110 cm³/mol. The fourth-order valence-corrected chi connectivity index (χ4v) is 4.16. The molecule has 1 unspecified atom stereocenters. The average Bonchev–Trinajstić information content (AvgIpc) is 3.26. The number of rotatable bonds is 9. The molecule has 1 aromatic carbocycles. The zero-order chi connectivity index (χ0) is 20.9. The van der Waals surface area contributed by atoms with Crippen molar-refractivity contribution in [1.82, 2.24) is 20.4 Å². The van der Waals surface area contributed by atoms with E-state index in [1.54, 1.807) is 12.1 Å². The van der Waals surface area contributed by atoms with E-state index in [0.717, 1.165) is 35.6 Å². The molecule has 1 aliphatic rings. The van der Waals surface area contributed by atoms with Crippen molar-refractivity contribution in [2.24, 2.45) is 0 Å². The van der Waals surface area contributed by atoms with Crippen LogP contribution in [-0.4, -0.2) is 39.5 Å². The van der Waals surface area contributed by atoms with Crippen LogP contribution in [0.1, 0.15) is 50.1 Å². The van der Waals surface area contributed by atoms with Crippen LogP contribution in [0.3, 0.4) is 0 Å². The molecule has 1 aliphatic heterocycles. The molecular formula is C20H25N5O3S. The number of urea groups is 1. The third kappa shape index (κ3) is 4.45. The first-order chi connectivity index (χ1) is 14.0. The molecule has 0 aliphatic carbocycles. The molecule has 8 nitrogen and oxygen atoms in total. The predicted octanol–water partition coefficient (Wildman–Crippen LogP) is 3.07. The molecule has 0 spiro atoms. The Morgan fingerprint density at radius 3 is 2.62 bits per heavy atom. The van der Waals surface area contributed by atoms with Crippen LogP contribution >= 0.6 is 11.3 Å². The molecular weight excluding hydrogens is 390 g/mol. The van der Waals surface area contributed by atoms with E-state index in [1.807, 2.05) is 25.1 Å². The molecule has 0 saturated carbocycles. The second-order valence-corrected chi connectivity index (χ2v) is 8.01. The first-order valence-electron chi connectivity index (χ1n) is 9.82. The van der Waals surface area contributed by atoms with Crippen LogP contribution in [0, 0.1) is 0 Å². The Morgan fingerprint density at radius 1 is 1.17 bits per heavy atom. The van der Waals surface area contributed by atoms with E-state index in [2.05, 4.69) is 27.8 Å². The summed E-state index contributed by atoms with van der Waals surface area (Å²) in [7, 11) is 0. The first kappa shape index (κ1) is 20.9. The molecule has 154 valence electrons. The molecule has 1 fully saturated rings. The zero-order valence-electron chi connectivity index (χ0n) is 16.6. The van der Waals surface area contributed by atoms with Gasteiger partial charge in [-0.1, -0.05) is 68.4 Å². The molecule has 1 atom stereocenters. The minimum absolute atomic E-state index is 0.371. The SMILES string of the molecule is CCCCCc1nnc(NC(=O)CN2C(=O)NC(CC)(c3ccccc3)C2=O)s1. The summed E-state index contributed by atoms with van der Waals surface area (Å²) < 4.78 is 0. The van der Waals surface area contributed by atoms with Crippen molar-refractivity contribution in [3.63, 3.8) is 0 Å². The number of unbranched alkanes of at least 4 members (excludes halogenated alkanes) is 2. The van der Waals surface area contributed by atoms with Crippen LogP contribution in [0.5, 0.6) is 0 Å². The van der Waals surface area contributed by atoms with E-state index in [1.165, 1.54) is 11.3 Å². The Hall–Kier alpha value is -2.81. The Labute approximate surface area is 173 Å². The molecule has 4 amide bonds. The molecule has 29 heavy (non-hydrogen) atoms. The molecule has 1 saturated heterocycles. The highest BCUT2D eigenvalue weighted by molar-refractivity contribution is 7.15. The van der Waals surface area contributed by atoms with Gasteiger partial charge < -0.3 is 5.32 Å². The van der Waals surface area contributed by atoms with Crippen LogP contribution in [0.4, 0.5) is 9.93 Å². The lowest BCUT2D eigenvalue weighted by Gasteiger charge is -2.25. The fourth-order valence-electron chi connectivity index (χ4n) is 3.37. The molecule has 3 rings (SSSR count). The van der Waals surface area contributed by atoms with Gasteiger partial charge >= 0.3 is 6.03 Å². The van der Waals surface area contributed by atoms with Crippen molar-refractivity contribution in [2.75, 3.05) is 11.9 Å². The molecule has 2 N–H and O–H groups in total. The number of benzene rings is 1. The number of hydrogen-bond acceptors (Lipinski definition) is 6. The van der Waals surface area contributed by atoms with Crippen molar-refractivity contribution < 1.29 is 14.4 Å². The Kier molecular flexibility index (Phi) is 6.58. The Bertz CT molecular complexity index is 885. The normalized spacial score (nSPS) is 18.8. The average molecular weight is 416 g/mol. The second-order valence-electron chi connectivity index (χ2n) is 6.95. The topological polar surface area (TPSA) is 104 Å². The van der Waals surface area contributed by atoms with E-state index in [0.29, 0.717) is 17.1 Å². The number of imide groups is 1. The van der Waals surface area contributed by atoms with Gasteiger partial charge in [-0.25, -0.2) is 4.79 Å².